The third-order valence-corrected chi connectivity index (χ3v) is 4.68. The van der Waals surface area contributed by atoms with E-state index in [4.69, 9.17) is 9.79 Å². The standard InChI is InChI=1S/C10H10BrF2O4PS/c1-6(14)19-5-7-2-3-8(9(11)4-7)10(12,13)18(15,16)17/h2-4H,5H2,1H3,(H2,15,16,17). The molecule has 0 spiro atoms. The molecule has 0 bridgehead atoms. The maximum absolute atomic E-state index is 13.5. The SMILES string of the molecule is CC(=O)SCc1ccc(C(F)(F)P(=O)(O)O)c(Br)c1. The van der Waals surface area contributed by atoms with E-state index in [2.05, 4.69) is 15.9 Å². The molecule has 1 aromatic rings. The molecule has 0 saturated heterocycles. The molecule has 0 heterocycles. The molecule has 106 valence electrons. The third-order valence-electron chi connectivity index (χ3n) is 2.17. The quantitative estimate of drug-likeness (QED) is 0.789. The van der Waals surface area contributed by atoms with Crippen molar-refractivity contribution in [2.45, 2.75) is 18.3 Å². The average molecular weight is 375 g/mol. The molecular formula is C10H10BrF2O4PS. The molecule has 9 heteroatoms. The molecule has 0 aliphatic carbocycles. The minimum absolute atomic E-state index is 0.109. The van der Waals surface area contributed by atoms with Crippen molar-refractivity contribution in [2.75, 3.05) is 0 Å². The van der Waals surface area contributed by atoms with Gasteiger partial charge < -0.3 is 9.79 Å². The monoisotopic (exact) mass is 374 g/mol. The van der Waals surface area contributed by atoms with Crippen LogP contribution in [0.25, 0.3) is 0 Å². The Morgan fingerprint density at radius 3 is 2.47 bits per heavy atom. The van der Waals surface area contributed by atoms with Crippen molar-refractivity contribution in [3.8, 4) is 0 Å². The van der Waals surface area contributed by atoms with Gasteiger partial charge in [-0.15, -0.1) is 0 Å². The van der Waals surface area contributed by atoms with Gasteiger partial charge in [0, 0.05) is 22.7 Å². The van der Waals surface area contributed by atoms with E-state index < -0.39 is 18.8 Å². The Labute approximate surface area is 120 Å². The van der Waals surface area contributed by atoms with Crippen LogP contribution in [0.15, 0.2) is 22.7 Å². The van der Waals surface area contributed by atoms with Crippen molar-refractivity contribution in [1.82, 2.24) is 0 Å². The molecule has 0 fully saturated rings. The van der Waals surface area contributed by atoms with Gasteiger partial charge in [-0.3, -0.25) is 9.36 Å². The van der Waals surface area contributed by atoms with Crippen LogP contribution in [0, 0.1) is 0 Å². The van der Waals surface area contributed by atoms with Crippen LogP contribution in [0.2, 0.25) is 0 Å². The van der Waals surface area contributed by atoms with E-state index >= 15 is 0 Å². The van der Waals surface area contributed by atoms with E-state index in [-0.39, 0.29) is 9.59 Å². The predicted molar refractivity (Wildman–Crippen MR) is 72.1 cm³/mol. The van der Waals surface area contributed by atoms with Crippen LogP contribution in [0.4, 0.5) is 8.78 Å². The van der Waals surface area contributed by atoms with Crippen molar-refractivity contribution in [2.24, 2.45) is 0 Å². The first-order chi connectivity index (χ1) is 8.55. The molecule has 0 unspecified atom stereocenters. The van der Waals surface area contributed by atoms with Crippen molar-refractivity contribution >= 4 is 40.4 Å². The number of benzene rings is 1. The molecule has 1 rings (SSSR count). The Hall–Kier alpha value is -0.270. The summed E-state index contributed by atoms with van der Waals surface area (Å²) in [6.07, 6.45) is 0. The second-order valence-electron chi connectivity index (χ2n) is 3.68. The Balaban J connectivity index is 3.08. The van der Waals surface area contributed by atoms with Crippen molar-refractivity contribution < 1.29 is 27.9 Å². The Kier molecular flexibility index (Phi) is 5.31. The van der Waals surface area contributed by atoms with Crippen molar-refractivity contribution in [3.05, 3.63) is 33.8 Å². The van der Waals surface area contributed by atoms with E-state index in [0.29, 0.717) is 11.3 Å². The lowest BCUT2D eigenvalue weighted by molar-refractivity contribution is -0.109. The summed E-state index contributed by atoms with van der Waals surface area (Å²) in [5.74, 6) is 0.301. The number of alkyl halides is 2. The first-order valence-electron chi connectivity index (χ1n) is 4.91. The van der Waals surface area contributed by atoms with Crippen LogP contribution in [0.1, 0.15) is 18.1 Å². The number of hydrogen-bond acceptors (Lipinski definition) is 3. The van der Waals surface area contributed by atoms with Gasteiger partial charge in [-0.25, -0.2) is 0 Å². The number of thioether (sulfide) groups is 1. The van der Waals surface area contributed by atoms with E-state index in [1.54, 1.807) is 0 Å². The summed E-state index contributed by atoms with van der Waals surface area (Å²) >= 11 is 3.88. The summed E-state index contributed by atoms with van der Waals surface area (Å²) in [6, 6.07) is 3.56. The fourth-order valence-electron chi connectivity index (χ4n) is 1.23. The molecule has 1 aromatic carbocycles. The third kappa shape index (κ3) is 4.10. The zero-order chi connectivity index (χ0) is 14.8. The van der Waals surface area contributed by atoms with Gasteiger partial charge in [0.2, 0.25) is 0 Å². The maximum Gasteiger partial charge on any atom is 0.399 e. The number of halogens is 3. The van der Waals surface area contributed by atoms with Gasteiger partial charge in [0.05, 0.1) is 0 Å². The van der Waals surface area contributed by atoms with Crippen LogP contribution < -0.4 is 0 Å². The summed E-state index contributed by atoms with van der Waals surface area (Å²) in [7, 11) is -5.59. The highest BCUT2D eigenvalue weighted by Gasteiger charge is 2.51. The van der Waals surface area contributed by atoms with Gasteiger partial charge >= 0.3 is 13.3 Å². The van der Waals surface area contributed by atoms with Gasteiger partial charge in [0.15, 0.2) is 5.12 Å². The van der Waals surface area contributed by atoms with E-state index in [9.17, 15) is 18.1 Å². The van der Waals surface area contributed by atoms with E-state index in [0.717, 1.165) is 17.8 Å². The second-order valence-corrected chi connectivity index (χ2v) is 7.34. The molecule has 0 radical (unpaired) electrons. The summed E-state index contributed by atoms with van der Waals surface area (Å²) in [5.41, 5.74) is -4.44. The molecule has 0 aliphatic heterocycles. The fraction of sp³-hybridized carbons (Fsp3) is 0.300. The molecule has 0 atom stereocenters. The minimum Gasteiger partial charge on any atom is -0.320 e. The summed E-state index contributed by atoms with van der Waals surface area (Å²) < 4.78 is 37.7. The normalized spacial score (nSPS) is 12.5. The average Bonchev–Trinajstić information content (AvgIpc) is 2.24. The van der Waals surface area contributed by atoms with Crippen LogP contribution in [0.5, 0.6) is 0 Å². The van der Waals surface area contributed by atoms with Gasteiger partial charge in [-0.05, 0) is 11.6 Å². The van der Waals surface area contributed by atoms with Gasteiger partial charge in [0.1, 0.15) is 0 Å². The largest absolute Gasteiger partial charge is 0.399 e. The number of rotatable bonds is 4. The summed E-state index contributed by atoms with van der Waals surface area (Å²) in [5, 5.41) is -0.110. The smallest absolute Gasteiger partial charge is 0.320 e. The highest BCUT2D eigenvalue weighted by molar-refractivity contribution is 9.10. The number of carbonyl (C=O) groups excluding carboxylic acids is 1. The molecule has 19 heavy (non-hydrogen) atoms. The van der Waals surface area contributed by atoms with Gasteiger partial charge in [-0.2, -0.15) is 8.78 Å². The molecule has 0 aliphatic rings. The zero-order valence-electron chi connectivity index (χ0n) is 9.64. The molecule has 0 amide bonds. The Bertz CT molecular complexity index is 546. The number of hydrogen-bond donors (Lipinski definition) is 2. The lowest BCUT2D eigenvalue weighted by Gasteiger charge is -2.19. The molecule has 0 saturated carbocycles. The first-order valence-corrected chi connectivity index (χ1v) is 8.30. The highest BCUT2D eigenvalue weighted by atomic mass is 79.9. The van der Waals surface area contributed by atoms with Crippen LogP contribution >= 0.6 is 35.3 Å². The zero-order valence-corrected chi connectivity index (χ0v) is 12.9. The van der Waals surface area contributed by atoms with Gasteiger partial charge in [-0.1, -0.05) is 39.8 Å². The fourth-order valence-corrected chi connectivity index (χ4v) is 3.12. The second kappa shape index (κ2) is 6.01. The van der Waals surface area contributed by atoms with E-state index in [1.165, 1.54) is 19.1 Å². The summed E-state index contributed by atoms with van der Waals surface area (Å²) in [6.45, 7) is 1.38. The van der Waals surface area contributed by atoms with Crippen LogP contribution in [-0.4, -0.2) is 14.9 Å². The van der Waals surface area contributed by atoms with Crippen molar-refractivity contribution in [3.63, 3.8) is 0 Å². The van der Waals surface area contributed by atoms with Crippen LogP contribution in [-0.2, 0) is 20.8 Å². The summed E-state index contributed by atoms with van der Waals surface area (Å²) in [4.78, 5) is 28.1. The van der Waals surface area contributed by atoms with E-state index in [1.807, 2.05) is 0 Å². The minimum atomic E-state index is -5.59. The topological polar surface area (TPSA) is 74.6 Å². The molecule has 0 aromatic heterocycles. The Morgan fingerprint density at radius 1 is 1.47 bits per heavy atom. The molecule has 4 nitrogen and oxygen atoms in total. The lowest BCUT2D eigenvalue weighted by atomic mass is 10.1. The number of carbonyl (C=O) groups is 1. The molecule has 2 N–H and O–H groups in total. The Morgan fingerprint density at radius 2 is 2.05 bits per heavy atom. The molecular weight excluding hydrogens is 365 g/mol. The predicted octanol–water partition coefficient (Wildman–Crippen LogP) is 3.46. The maximum atomic E-state index is 13.5. The van der Waals surface area contributed by atoms with Crippen molar-refractivity contribution in [1.29, 1.82) is 0 Å². The first kappa shape index (κ1) is 16.8. The van der Waals surface area contributed by atoms with Crippen LogP contribution in [0.3, 0.4) is 0 Å². The highest BCUT2D eigenvalue weighted by Crippen LogP contribution is 2.60. The lowest BCUT2D eigenvalue weighted by Crippen LogP contribution is -2.14. The van der Waals surface area contributed by atoms with Gasteiger partial charge in [0.25, 0.3) is 0 Å².